The Hall–Kier alpha value is -2.47. The lowest BCUT2D eigenvalue weighted by Crippen LogP contribution is -2.08. The summed E-state index contributed by atoms with van der Waals surface area (Å²) in [7, 11) is 0. The highest BCUT2D eigenvalue weighted by Gasteiger charge is 2.21. The average Bonchev–Trinajstić information content (AvgIpc) is 2.42. The van der Waals surface area contributed by atoms with E-state index in [1.165, 1.54) is 18.2 Å². The molecule has 0 radical (unpaired) electrons. The van der Waals surface area contributed by atoms with Crippen LogP contribution in [0.4, 0.5) is 10.1 Å². The minimum absolute atomic E-state index is 0.0227. The van der Waals surface area contributed by atoms with Crippen LogP contribution >= 0.6 is 0 Å². The standard InChI is InChI=1S/C15H15FN2O3/c1-9-5-3-8-13(18(19)20)14(9)21-15-11(10(2)17)6-4-7-12(15)16/h3-8,10H,17H2,1-2H3/t10-/m1/s1. The van der Waals surface area contributed by atoms with Crippen LogP contribution in [0.3, 0.4) is 0 Å². The minimum Gasteiger partial charge on any atom is -0.446 e. The van der Waals surface area contributed by atoms with Gasteiger partial charge in [-0.05, 0) is 25.5 Å². The van der Waals surface area contributed by atoms with E-state index >= 15 is 0 Å². The highest BCUT2D eigenvalue weighted by Crippen LogP contribution is 2.38. The molecular weight excluding hydrogens is 275 g/mol. The molecule has 1 atom stereocenters. The van der Waals surface area contributed by atoms with E-state index < -0.39 is 16.8 Å². The maximum absolute atomic E-state index is 14.0. The third-order valence-electron chi connectivity index (χ3n) is 3.08. The zero-order chi connectivity index (χ0) is 15.6. The summed E-state index contributed by atoms with van der Waals surface area (Å²) in [5, 5.41) is 11.1. The number of benzene rings is 2. The summed E-state index contributed by atoms with van der Waals surface area (Å²) in [6, 6.07) is 8.45. The molecule has 2 rings (SSSR count). The van der Waals surface area contributed by atoms with E-state index in [2.05, 4.69) is 0 Å². The van der Waals surface area contributed by atoms with E-state index in [1.54, 1.807) is 32.0 Å². The molecule has 0 aliphatic rings. The fourth-order valence-corrected chi connectivity index (χ4v) is 2.01. The zero-order valence-electron chi connectivity index (χ0n) is 11.7. The first kappa shape index (κ1) is 14.9. The monoisotopic (exact) mass is 290 g/mol. The average molecular weight is 290 g/mol. The Balaban J connectivity index is 2.56. The second-order valence-electron chi connectivity index (χ2n) is 4.73. The number of nitrogens with zero attached hydrogens (tertiary/aromatic N) is 1. The van der Waals surface area contributed by atoms with E-state index in [-0.39, 0.29) is 17.2 Å². The van der Waals surface area contributed by atoms with Gasteiger partial charge < -0.3 is 10.5 Å². The second kappa shape index (κ2) is 5.88. The fraction of sp³-hybridized carbons (Fsp3) is 0.200. The van der Waals surface area contributed by atoms with Crippen molar-refractivity contribution in [2.75, 3.05) is 0 Å². The van der Waals surface area contributed by atoms with Crippen molar-refractivity contribution in [2.24, 2.45) is 5.73 Å². The first-order valence-corrected chi connectivity index (χ1v) is 6.37. The molecular formula is C15H15FN2O3. The summed E-state index contributed by atoms with van der Waals surface area (Å²) in [5.41, 5.74) is 6.57. The van der Waals surface area contributed by atoms with Crippen LogP contribution in [0.25, 0.3) is 0 Å². The molecule has 6 heteroatoms. The summed E-state index contributed by atoms with van der Waals surface area (Å²) in [5.74, 6) is -0.665. The Morgan fingerprint density at radius 3 is 2.52 bits per heavy atom. The molecule has 0 unspecified atom stereocenters. The van der Waals surface area contributed by atoms with Crippen molar-refractivity contribution in [1.82, 2.24) is 0 Å². The first-order chi connectivity index (χ1) is 9.91. The molecule has 0 saturated carbocycles. The lowest BCUT2D eigenvalue weighted by molar-refractivity contribution is -0.385. The van der Waals surface area contributed by atoms with Gasteiger partial charge in [0, 0.05) is 17.7 Å². The number of halogens is 1. The van der Waals surface area contributed by atoms with Crippen LogP contribution in [0, 0.1) is 22.9 Å². The number of hydrogen-bond donors (Lipinski definition) is 1. The van der Waals surface area contributed by atoms with Gasteiger partial charge in [0.2, 0.25) is 5.75 Å². The van der Waals surface area contributed by atoms with E-state index in [0.717, 1.165) is 0 Å². The Bertz CT molecular complexity index is 687. The van der Waals surface area contributed by atoms with Gasteiger partial charge >= 0.3 is 5.69 Å². The molecule has 110 valence electrons. The van der Waals surface area contributed by atoms with Gasteiger partial charge in [-0.2, -0.15) is 0 Å². The van der Waals surface area contributed by atoms with Crippen LogP contribution in [0.1, 0.15) is 24.1 Å². The fourth-order valence-electron chi connectivity index (χ4n) is 2.01. The normalized spacial score (nSPS) is 12.0. The Morgan fingerprint density at radius 1 is 1.24 bits per heavy atom. The summed E-state index contributed by atoms with van der Waals surface area (Å²) in [6.45, 7) is 3.35. The topological polar surface area (TPSA) is 78.4 Å². The minimum atomic E-state index is -0.609. The quantitative estimate of drug-likeness (QED) is 0.685. The predicted octanol–water partition coefficient (Wildman–Crippen LogP) is 3.85. The number of aryl methyl sites for hydroxylation is 1. The van der Waals surface area contributed by atoms with E-state index in [4.69, 9.17) is 10.5 Å². The Labute approximate surface area is 121 Å². The van der Waals surface area contributed by atoms with Gasteiger partial charge in [0.05, 0.1) is 4.92 Å². The van der Waals surface area contributed by atoms with Crippen molar-refractivity contribution in [3.05, 3.63) is 63.5 Å². The van der Waals surface area contributed by atoms with E-state index in [9.17, 15) is 14.5 Å². The molecule has 0 aliphatic heterocycles. The van der Waals surface area contributed by atoms with Gasteiger partial charge in [0.25, 0.3) is 0 Å². The number of para-hydroxylation sites is 2. The number of nitrogens with two attached hydrogens (primary N) is 1. The molecule has 21 heavy (non-hydrogen) atoms. The van der Waals surface area contributed by atoms with Crippen LogP contribution in [-0.4, -0.2) is 4.92 Å². The predicted molar refractivity (Wildman–Crippen MR) is 76.9 cm³/mol. The van der Waals surface area contributed by atoms with Crippen LogP contribution in [-0.2, 0) is 0 Å². The van der Waals surface area contributed by atoms with Gasteiger partial charge in [-0.25, -0.2) is 4.39 Å². The third kappa shape index (κ3) is 3.00. The molecule has 2 aromatic rings. The maximum atomic E-state index is 14.0. The third-order valence-corrected chi connectivity index (χ3v) is 3.08. The number of ether oxygens (including phenoxy) is 1. The summed E-state index contributed by atoms with van der Waals surface area (Å²) in [4.78, 5) is 10.5. The van der Waals surface area contributed by atoms with Crippen LogP contribution in [0.15, 0.2) is 36.4 Å². The highest BCUT2D eigenvalue weighted by molar-refractivity contribution is 5.54. The number of rotatable bonds is 4. The zero-order valence-corrected chi connectivity index (χ0v) is 11.7. The van der Waals surface area contributed by atoms with Crippen molar-refractivity contribution in [2.45, 2.75) is 19.9 Å². The molecule has 0 bridgehead atoms. The van der Waals surface area contributed by atoms with Gasteiger partial charge in [0.1, 0.15) is 0 Å². The maximum Gasteiger partial charge on any atom is 0.311 e. The molecule has 5 nitrogen and oxygen atoms in total. The van der Waals surface area contributed by atoms with Crippen molar-refractivity contribution >= 4 is 5.69 Å². The smallest absolute Gasteiger partial charge is 0.311 e. The molecule has 0 heterocycles. The van der Waals surface area contributed by atoms with Gasteiger partial charge in [-0.3, -0.25) is 10.1 Å². The lowest BCUT2D eigenvalue weighted by Gasteiger charge is -2.15. The molecule has 0 fully saturated rings. The number of nitro benzene ring substituents is 1. The largest absolute Gasteiger partial charge is 0.446 e. The van der Waals surface area contributed by atoms with Gasteiger partial charge in [-0.15, -0.1) is 0 Å². The van der Waals surface area contributed by atoms with Crippen molar-refractivity contribution in [3.63, 3.8) is 0 Å². The van der Waals surface area contributed by atoms with Crippen molar-refractivity contribution in [1.29, 1.82) is 0 Å². The van der Waals surface area contributed by atoms with Gasteiger partial charge in [0.15, 0.2) is 11.6 Å². The molecule has 2 N–H and O–H groups in total. The molecule has 0 aliphatic carbocycles. The van der Waals surface area contributed by atoms with Crippen LogP contribution < -0.4 is 10.5 Å². The Kier molecular flexibility index (Phi) is 4.18. The highest BCUT2D eigenvalue weighted by atomic mass is 19.1. The van der Waals surface area contributed by atoms with Crippen molar-refractivity contribution < 1.29 is 14.1 Å². The van der Waals surface area contributed by atoms with Crippen molar-refractivity contribution in [3.8, 4) is 11.5 Å². The molecule has 0 saturated heterocycles. The first-order valence-electron chi connectivity index (χ1n) is 6.37. The van der Waals surface area contributed by atoms with E-state index in [0.29, 0.717) is 11.1 Å². The molecule has 0 spiro atoms. The summed E-state index contributed by atoms with van der Waals surface area (Å²) >= 11 is 0. The number of hydrogen-bond acceptors (Lipinski definition) is 4. The van der Waals surface area contributed by atoms with Gasteiger partial charge in [-0.1, -0.05) is 24.3 Å². The molecule has 0 aromatic heterocycles. The second-order valence-corrected chi connectivity index (χ2v) is 4.73. The summed E-state index contributed by atoms with van der Waals surface area (Å²) < 4.78 is 19.5. The van der Waals surface area contributed by atoms with E-state index in [1.807, 2.05) is 0 Å². The summed E-state index contributed by atoms with van der Waals surface area (Å²) in [6.07, 6.45) is 0. The Morgan fingerprint density at radius 2 is 1.90 bits per heavy atom. The van der Waals surface area contributed by atoms with Crippen LogP contribution in [0.5, 0.6) is 11.5 Å². The number of nitro groups is 1. The molecule has 0 amide bonds. The lowest BCUT2D eigenvalue weighted by atomic mass is 10.1. The SMILES string of the molecule is Cc1cccc([N+](=O)[O-])c1Oc1c(F)cccc1[C@@H](C)N. The van der Waals surface area contributed by atoms with Crippen LogP contribution in [0.2, 0.25) is 0 Å². The molecule has 2 aromatic carbocycles.